The van der Waals surface area contributed by atoms with Gasteiger partial charge in [-0.25, -0.2) is 4.79 Å². The van der Waals surface area contributed by atoms with Gasteiger partial charge in [-0.1, -0.05) is 40.8 Å². The SMILES string of the molecule is CI.CN(C)CCOC(=O)/C=C/c1c[nH]c2ccccc12. The van der Waals surface area contributed by atoms with Crippen molar-refractivity contribution in [1.29, 1.82) is 0 Å². The summed E-state index contributed by atoms with van der Waals surface area (Å²) in [6.07, 6.45) is 5.12. The summed E-state index contributed by atoms with van der Waals surface area (Å²) >= 11 is 2.15. The Bertz CT molecular complexity index is 591. The molecule has 0 aliphatic carbocycles. The number of halogens is 1. The number of para-hydroxylation sites is 1. The summed E-state index contributed by atoms with van der Waals surface area (Å²) < 4.78 is 5.09. The zero-order valence-electron chi connectivity index (χ0n) is 12.6. The Morgan fingerprint density at radius 1 is 1.33 bits per heavy atom. The third-order valence-corrected chi connectivity index (χ3v) is 2.80. The van der Waals surface area contributed by atoms with Crippen molar-refractivity contribution in [3.05, 3.63) is 42.1 Å². The minimum atomic E-state index is -0.313. The zero-order chi connectivity index (χ0) is 15.7. The quantitative estimate of drug-likeness (QED) is 0.363. The average molecular weight is 400 g/mol. The Hall–Kier alpha value is -1.34. The topological polar surface area (TPSA) is 45.3 Å². The van der Waals surface area contributed by atoms with Crippen LogP contribution >= 0.6 is 22.6 Å². The number of fused-ring (bicyclic) bond motifs is 1. The van der Waals surface area contributed by atoms with Gasteiger partial charge in [-0.05, 0) is 31.2 Å². The summed E-state index contributed by atoms with van der Waals surface area (Å²) in [5.74, 6) is -0.313. The van der Waals surface area contributed by atoms with Gasteiger partial charge in [0.2, 0.25) is 0 Å². The minimum absolute atomic E-state index is 0.313. The summed E-state index contributed by atoms with van der Waals surface area (Å²) in [7, 11) is 3.88. The van der Waals surface area contributed by atoms with Gasteiger partial charge in [-0.2, -0.15) is 0 Å². The van der Waals surface area contributed by atoms with E-state index in [1.54, 1.807) is 6.08 Å². The molecule has 1 aromatic heterocycles. The first kappa shape index (κ1) is 17.7. The molecule has 0 saturated heterocycles. The van der Waals surface area contributed by atoms with Crippen LogP contribution in [0.15, 0.2) is 36.5 Å². The van der Waals surface area contributed by atoms with Gasteiger partial charge < -0.3 is 14.6 Å². The molecule has 0 saturated carbocycles. The number of benzene rings is 1. The third-order valence-electron chi connectivity index (χ3n) is 2.80. The molecule has 1 heterocycles. The normalized spacial score (nSPS) is 10.7. The van der Waals surface area contributed by atoms with Crippen molar-refractivity contribution < 1.29 is 9.53 Å². The second kappa shape index (κ2) is 9.57. The van der Waals surface area contributed by atoms with Gasteiger partial charge in [0.1, 0.15) is 6.61 Å². The van der Waals surface area contributed by atoms with Crippen LogP contribution in [0.5, 0.6) is 0 Å². The van der Waals surface area contributed by atoms with Crippen molar-refractivity contribution in [2.75, 3.05) is 32.2 Å². The molecule has 2 rings (SSSR count). The molecule has 21 heavy (non-hydrogen) atoms. The molecule has 1 aromatic carbocycles. The fraction of sp³-hybridized carbons (Fsp3) is 0.312. The number of carbonyl (C=O) groups excluding carboxylic acids is 1. The van der Waals surface area contributed by atoms with Gasteiger partial charge in [0.15, 0.2) is 0 Å². The molecule has 114 valence electrons. The van der Waals surface area contributed by atoms with E-state index < -0.39 is 0 Å². The first-order chi connectivity index (χ1) is 10.2. The lowest BCUT2D eigenvalue weighted by Gasteiger charge is -2.08. The van der Waals surface area contributed by atoms with Crippen LogP contribution in [-0.4, -0.2) is 48.0 Å². The van der Waals surface area contributed by atoms with Gasteiger partial charge >= 0.3 is 5.97 Å². The van der Waals surface area contributed by atoms with E-state index in [2.05, 4.69) is 27.6 Å². The van der Waals surface area contributed by atoms with E-state index in [1.165, 1.54) is 6.08 Å². The molecule has 0 aliphatic rings. The van der Waals surface area contributed by atoms with E-state index in [0.717, 1.165) is 23.0 Å². The Kier molecular flexibility index (Phi) is 8.07. The van der Waals surface area contributed by atoms with Crippen LogP contribution in [0.3, 0.4) is 0 Å². The highest BCUT2D eigenvalue weighted by molar-refractivity contribution is 14.1. The van der Waals surface area contributed by atoms with Crippen molar-refractivity contribution in [3.63, 3.8) is 0 Å². The van der Waals surface area contributed by atoms with E-state index in [1.807, 2.05) is 54.4 Å². The number of H-pyrrole nitrogens is 1. The monoisotopic (exact) mass is 400 g/mol. The molecule has 5 heteroatoms. The molecular formula is C16H21IN2O2. The second-order valence-electron chi connectivity index (χ2n) is 4.59. The van der Waals surface area contributed by atoms with Gasteiger partial charge in [-0.15, -0.1) is 0 Å². The number of ether oxygens (including phenoxy) is 1. The van der Waals surface area contributed by atoms with E-state index in [4.69, 9.17) is 4.74 Å². The van der Waals surface area contributed by atoms with E-state index >= 15 is 0 Å². The average Bonchev–Trinajstić information content (AvgIpc) is 2.90. The number of aromatic amines is 1. The van der Waals surface area contributed by atoms with Crippen molar-refractivity contribution in [3.8, 4) is 0 Å². The highest BCUT2D eigenvalue weighted by Crippen LogP contribution is 2.18. The number of nitrogens with one attached hydrogen (secondary N) is 1. The smallest absolute Gasteiger partial charge is 0.330 e. The standard InChI is InChI=1S/C15H18N2O2.CH3I/c1-17(2)9-10-19-15(18)8-7-12-11-16-14-6-4-3-5-13(12)14;1-2/h3-8,11,16H,9-10H2,1-2H3;1H3/b8-7+;. The number of likely N-dealkylation sites (N-methyl/N-ethyl adjacent to an activating group) is 1. The summed E-state index contributed by atoms with van der Waals surface area (Å²) in [6, 6.07) is 7.97. The molecular weight excluding hydrogens is 379 g/mol. The van der Waals surface area contributed by atoms with Crippen LogP contribution in [0, 0.1) is 0 Å². The number of rotatable bonds is 5. The lowest BCUT2D eigenvalue weighted by atomic mass is 10.1. The van der Waals surface area contributed by atoms with Crippen molar-refractivity contribution >= 4 is 45.5 Å². The van der Waals surface area contributed by atoms with Gasteiger partial charge in [0.05, 0.1) is 0 Å². The van der Waals surface area contributed by atoms with Crippen LogP contribution in [0.1, 0.15) is 5.56 Å². The molecule has 4 nitrogen and oxygen atoms in total. The van der Waals surface area contributed by atoms with Crippen LogP contribution in [0.4, 0.5) is 0 Å². The van der Waals surface area contributed by atoms with Crippen LogP contribution in [-0.2, 0) is 9.53 Å². The predicted molar refractivity (Wildman–Crippen MR) is 96.8 cm³/mol. The fourth-order valence-electron chi connectivity index (χ4n) is 1.77. The molecule has 0 spiro atoms. The van der Waals surface area contributed by atoms with Gasteiger partial charge in [-0.3, -0.25) is 0 Å². The Morgan fingerprint density at radius 3 is 2.76 bits per heavy atom. The van der Waals surface area contributed by atoms with E-state index in [-0.39, 0.29) is 5.97 Å². The largest absolute Gasteiger partial charge is 0.461 e. The summed E-state index contributed by atoms with van der Waals surface area (Å²) in [5.41, 5.74) is 2.04. The number of nitrogens with zero attached hydrogens (tertiary/aromatic N) is 1. The molecule has 0 fully saturated rings. The second-order valence-corrected chi connectivity index (χ2v) is 4.59. The summed E-state index contributed by atoms with van der Waals surface area (Å²) in [4.78, 5) is 18.6. The van der Waals surface area contributed by atoms with Crippen molar-refractivity contribution in [1.82, 2.24) is 9.88 Å². The molecule has 0 radical (unpaired) electrons. The molecule has 0 aliphatic heterocycles. The van der Waals surface area contributed by atoms with Gasteiger partial charge in [0.25, 0.3) is 0 Å². The highest BCUT2D eigenvalue weighted by atomic mass is 127. The van der Waals surface area contributed by atoms with Gasteiger partial charge in [0, 0.05) is 35.3 Å². The third kappa shape index (κ3) is 5.89. The minimum Gasteiger partial charge on any atom is -0.461 e. The van der Waals surface area contributed by atoms with E-state index in [9.17, 15) is 4.79 Å². The first-order valence-corrected chi connectivity index (χ1v) is 8.76. The number of hydrogen-bond donors (Lipinski definition) is 1. The highest BCUT2D eigenvalue weighted by Gasteiger charge is 2.01. The maximum Gasteiger partial charge on any atom is 0.330 e. The predicted octanol–water partition coefficient (Wildman–Crippen LogP) is 3.34. The summed E-state index contributed by atoms with van der Waals surface area (Å²) in [6.45, 7) is 1.14. The number of alkyl halides is 1. The van der Waals surface area contributed by atoms with Crippen molar-refractivity contribution in [2.45, 2.75) is 0 Å². The molecule has 2 aromatic rings. The molecule has 0 bridgehead atoms. The Labute approximate surface area is 139 Å². The number of aromatic nitrogens is 1. The Morgan fingerprint density at radius 2 is 2.05 bits per heavy atom. The zero-order valence-corrected chi connectivity index (χ0v) is 14.8. The lowest BCUT2D eigenvalue weighted by molar-refractivity contribution is -0.137. The number of hydrogen-bond acceptors (Lipinski definition) is 3. The lowest BCUT2D eigenvalue weighted by Crippen LogP contribution is -2.19. The van der Waals surface area contributed by atoms with Crippen LogP contribution < -0.4 is 0 Å². The molecule has 0 amide bonds. The molecule has 0 unspecified atom stereocenters. The molecule has 1 N–H and O–H groups in total. The van der Waals surface area contributed by atoms with Crippen LogP contribution in [0.2, 0.25) is 0 Å². The van der Waals surface area contributed by atoms with Crippen LogP contribution in [0.25, 0.3) is 17.0 Å². The fourth-order valence-corrected chi connectivity index (χ4v) is 1.77. The van der Waals surface area contributed by atoms with E-state index in [0.29, 0.717) is 6.61 Å². The summed E-state index contributed by atoms with van der Waals surface area (Å²) in [5, 5.41) is 1.10. The number of carbonyl (C=O) groups is 1. The first-order valence-electron chi connectivity index (χ1n) is 6.60. The Balaban J connectivity index is 0.00000106. The van der Waals surface area contributed by atoms with Crippen molar-refractivity contribution in [2.24, 2.45) is 0 Å². The molecule has 0 atom stereocenters. The number of esters is 1. The maximum absolute atomic E-state index is 11.5. The maximum atomic E-state index is 11.5.